The molecule has 1 aromatic carbocycles. The largest absolute Gasteiger partial charge is 0.378 e. The van der Waals surface area contributed by atoms with E-state index < -0.39 is 0 Å². The van der Waals surface area contributed by atoms with E-state index in [1.165, 1.54) is 29.8 Å². The van der Waals surface area contributed by atoms with Gasteiger partial charge in [-0.15, -0.1) is 0 Å². The van der Waals surface area contributed by atoms with Crippen molar-refractivity contribution in [2.24, 2.45) is 0 Å². The van der Waals surface area contributed by atoms with Gasteiger partial charge in [0.05, 0.1) is 13.2 Å². The summed E-state index contributed by atoms with van der Waals surface area (Å²) in [6.45, 7) is 4.09. The van der Waals surface area contributed by atoms with Crippen LogP contribution in [0.15, 0.2) is 18.2 Å². The van der Waals surface area contributed by atoms with Crippen LogP contribution < -0.4 is 10.0 Å². The first-order valence-electron chi connectivity index (χ1n) is 6.61. The highest BCUT2D eigenvalue weighted by Crippen LogP contribution is 2.52. The molecule has 2 aliphatic rings. The van der Waals surface area contributed by atoms with Crippen molar-refractivity contribution in [1.29, 1.82) is 0 Å². The molecule has 0 amide bonds. The van der Waals surface area contributed by atoms with Gasteiger partial charge in [-0.3, -0.25) is 4.70 Å². The summed E-state index contributed by atoms with van der Waals surface area (Å²) in [6.07, 6.45) is 3.96. The molecule has 1 saturated heterocycles. The number of fused-ring (bicyclic) bond motifs is 1. The van der Waals surface area contributed by atoms with Crippen LogP contribution in [0.1, 0.15) is 25.3 Å². The van der Waals surface area contributed by atoms with Crippen LogP contribution in [0.25, 0.3) is 0 Å². The molecule has 0 aromatic heterocycles. The number of quaternary nitrogens is 1. The molecule has 100 valence electrons. The Morgan fingerprint density at radius 3 is 2.89 bits per heavy atom. The summed E-state index contributed by atoms with van der Waals surface area (Å²) in [6, 6.07) is 6.84. The molecule has 0 radical (unpaired) electrons. The van der Waals surface area contributed by atoms with E-state index in [2.05, 4.69) is 37.6 Å². The van der Waals surface area contributed by atoms with Crippen molar-refractivity contribution < 1.29 is 9.44 Å². The standard InChI is InChI=1S/C14H21N2O.FH/c1-3-15-16(2)13-7-6-11(10-14(13)16)9-12-5-4-8-17-12;/h6-7,10,12,15H,3-5,8-9H2,1-2H3;1H/q+1;. The van der Waals surface area contributed by atoms with E-state index in [0.717, 1.165) is 24.2 Å². The van der Waals surface area contributed by atoms with Gasteiger partial charge in [-0.05, 0) is 31.7 Å². The van der Waals surface area contributed by atoms with Crippen molar-refractivity contribution in [2.75, 3.05) is 20.2 Å². The van der Waals surface area contributed by atoms with E-state index in [0.29, 0.717) is 6.10 Å². The molecule has 2 aliphatic heterocycles. The normalized spacial score (nSPS) is 28.7. The average Bonchev–Trinajstić information content (AvgIpc) is 2.70. The molecule has 0 aliphatic carbocycles. The lowest BCUT2D eigenvalue weighted by Crippen LogP contribution is -2.40. The third-order valence-electron chi connectivity index (χ3n) is 3.92. The molecule has 1 N–H and O–H groups in total. The van der Waals surface area contributed by atoms with E-state index in [1.807, 2.05) is 0 Å². The predicted molar refractivity (Wildman–Crippen MR) is 72.7 cm³/mol. The Morgan fingerprint density at radius 2 is 2.22 bits per heavy atom. The summed E-state index contributed by atoms with van der Waals surface area (Å²) in [5.74, 6) is 0. The van der Waals surface area contributed by atoms with Crippen LogP contribution >= 0.6 is 0 Å². The van der Waals surface area contributed by atoms with Crippen LogP contribution in [-0.4, -0.2) is 26.3 Å². The number of hydrogen-bond acceptors (Lipinski definition) is 2. The fourth-order valence-corrected chi connectivity index (χ4v) is 2.90. The lowest BCUT2D eigenvalue weighted by molar-refractivity contribution is 0.111. The maximum absolute atomic E-state index is 5.69. The molecule has 2 atom stereocenters. The van der Waals surface area contributed by atoms with E-state index in [1.54, 1.807) is 0 Å². The minimum absolute atomic E-state index is 0. The van der Waals surface area contributed by atoms with E-state index in [-0.39, 0.29) is 4.70 Å². The van der Waals surface area contributed by atoms with Crippen molar-refractivity contribution in [1.82, 2.24) is 10.0 Å². The van der Waals surface area contributed by atoms with Crippen LogP contribution in [-0.2, 0) is 11.2 Å². The van der Waals surface area contributed by atoms with Crippen LogP contribution in [0.4, 0.5) is 16.1 Å². The minimum atomic E-state index is 0. The van der Waals surface area contributed by atoms with Gasteiger partial charge < -0.3 is 4.74 Å². The molecule has 1 fully saturated rings. The Hall–Kier alpha value is -0.970. The molecule has 3 nitrogen and oxygen atoms in total. The number of benzene rings is 1. The van der Waals surface area contributed by atoms with Gasteiger partial charge in [0.15, 0.2) is 0 Å². The van der Waals surface area contributed by atoms with Gasteiger partial charge in [-0.25, -0.2) is 0 Å². The zero-order chi connectivity index (χ0) is 11.9. The van der Waals surface area contributed by atoms with Crippen LogP contribution in [0.5, 0.6) is 0 Å². The van der Waals surface area contributed by atoms with E-state index >= 15 is 0 Å². The molecule has 2 unspecified atom stereocenters. The molecule has 0 saturated carbocycles. The summed E-state index contributed by atoms with van der Waals surface area (Å²) >= 11 is 0. The lowest BCUT2D eigenvalue weighted by atomic mass is 10.1. The third-order valence-corrected chi connectivity index (χ3v) is 3.92. The fraction of sp³-hybridized carbons (Fsp3) is 0.571. The molecule has 18 heavy (non-hydrogen) atoms. The highest BCUT2D eigenvalue weighted by atomic mass is 19.0. The molecule has 4 heteroatoms. The van der Waals surface area contributed by atoms with Gasteiger partial charge in [0.2, 0.25) is 11.4 Å². The first kappa shape index (κ1) is 13.5. The molecular formula is C14H22FN2O+. The Balaban J connectivity index is 0.00000120. The van der Waals surface area contributed by atoms with E-state index in [4.69, 9.17) is 4.74 Å². The van der Waals surface area contributed by atoms with Crippen molar-refractivity contribution in [3.8, 4) is 0 Å². The van der Waals surface area contributed by atoms with Gasteiger partial charge in [-0.1, -0.05) is 6.07 Å². The smallest absolute Gasteiger partial charge is 0.221 e. The van der Waals surface area contributed by atoms with Gasteiger partial charge in [0, 0.05) is 25.3 Å². The summed E-state index contributed by atoms with van der Waals surface area (Å²) < 4.78 is 6.51. The topological polar surface area (TPSA) is 21.3 Å². The second kappa shape index (κ2) is 4.96. The van der Waals surface area contributed by atoms with Gasteiger partial charge in [0.1, 0.15) is 0 Å². The maximum atomic E-state index is 5.69. The Kier molecular flexibility index (Phi) is 3.71. The highest BCUT2D eigenvalue weighted by Gasteiger charge is 2.50. The molecule has 3 rings (SSSR count). The number of rotatable bonds is 4. The lowest BCUT2D eigenvalue weighted by Gasteiger charge is -2.10. The van der Waals surface area contributed by atoms with Crippen LogP contribution in [0.2, 0.25) is 0 Å². The maximum Gasteiger partial charge on any atom is 0.221 e. The number of nitrogens with one attached hydrogen (secondary N) is 1. The second-order valence-electron chi connectivity index (χ2n) is 5.18. The Labute approximate surface area is 108 Å². The molecule has 2 heterocycles. The SMILES string of the molecule is CCN[N+]1(C)c2ccc(CC3CCCO3)cc21.F. The zero-order valence-corrected chi connectivity index (χ0v) is 11.1. The van der Waals surface area contributed by atoms with Crippen LogP contribution in [0, 0.1) is 0 Å². The quantitative estimate of drug-likeness (QED) is 0.658. The zero-order valence-electron chi connectivity index (χ0n) is 11.1. The van der Waals surface area contributed by atoms with Crippen molar-refractivity contribution in [3.05, 3.63) is 23.8 Å². The summed E-state index contributed by atoms with van der Waals surface area (Å²) in [5.41, 5.74) is 7.73. The molecule has 0 bridgehead atoms. The first-order chi connectivity index (χ1) is 8.24. The number of ether oxygens (including phenoxy) is 1. The van der Waals surface area contributed by atoms with Gasteiger partial charge in [0.25, 0.3) is 0 Å². The summed E-state index contributed by atoms with van der Waals surface area (Å²) in [7, 11) is 2.21. The Morgan fingerprint density at radius 1 is 1.39 bits per heavy atom. The second-order valence-corrected chi connectivity index (χ2v) is 5.18. The monoisotopic (exact) mass is 253 g/mol. The number of halogens is 1. The molecule has 1 aromatic rings. The minimum Gasteiger partial charge on any atom is -0.378 e. The first-order valence-corrected chi connectivity index (χ1v) is 6.61. The fourth-order valence-electron chi connectivity index (χ4n) is 2.90. The third kappa shape index (κ3) is 2.16. The Bertz CT molecular complexity index is 432. The average molecular weight is 253 g/mol. The molecular weight excluding hydrogens is 231 g/mol. The number of hydrogen-bond donors (Lipinski definition) is 1. The van der Waals surface area contributed by atoms with Crippen molar-refractivity contribution in [3.63, 3.8) is 0 Å². The molecule has 0 spiro atoms. The van der Waals surface area contributed by atoms with Gasteiger partial charge >= 0.3 is 0 Å². The summed E-state index contributed by atoms with van der Waals surface area (Å²) in [5, 5.41) is 0. The summed E-state index contributed by atoms with van der Waals surface area (Å²) in [4.78, 5) is 0. The van der Waals surface area contributed by atoms with Crippen LogP contribution in [0.3, 0.4) is 0 Å². The van der Waals surface area contributed by atoms with Crippen molar-refractivity contribution in [2.45, 2.75) is 32.3 Å². The predicted octanol–water partition coefficient (Wildman–Crippen LogP) is 2.67. The van der Waals surface area contributed by atoms with Gasteiger partial charge in [-0.2, -0.15) is 10.0 Å². The highest BCUT2D eigenvalue weighted by molar-refractivity contribution is 5.86. The number of nitrogens with zero attached hydrogens (tertiary/aromatic N) is 1. The van der Waals surface area contributed by atoms with E-state index in [9.17, 15) is 0 Å². The van der Waals surface area contributed by atoms with Crippen molar-refractivity contribution >= 4 is 11.4 Å².